The summed E-state index contributed by atoms with van der Waals surface area (Å²) in [6, 6.07) is 4.02. The summed E-state index contributed by atoms with van der Waals surface area (Å²) in [5.74, 6) is 1.76. The predicted molar refractivity (Wildman–Crippen MR) is 111 cm³/mol. The SMILES string of the molecule is CC(C)NC(=O)c1cnn2c1C[C@H](CNCc1cc(Cl)c3c(c1)OCCO3)CC2. The molecule has 7 nitrogen and oxygen atoms in total. The van der Waals surface area contributed by atoms with E-state index in [4.69, 9.17) is 21.1 Å². The minimum absolute atomic E-state index is 0.0409. The molecule has 1 aromatic heterocycles. The van der Waals surface area contributed by atoms with Gasteiger partial charge in [-0.15, -0.1) is 0 Å². The third-order valence-corrected chi connectivity index (χ3v) is 5.54. The number of benzene rings is 1. The molecule has 1 amide bonds. The van der Waals surface area contributed by atoms with Crippen molar-refractivity contribution < 1.29 is 14.3 Å². The Balaban J connectivity index is 1.35. The molecule has 8 heteroatoms. The number of aromatic nitrogens is 2. The summed E-state index contributed by atoms with van der Waals surface area (Å²) in [7, 11) is 0. The Morgan fingerprint density at radius 1 is 1.34 bits per heavy atom. The van der Waals surface area contributed by atoms with Gasteiger partial charge in [0.2, 0.25) is 0 Å². The van der Waals surface area contributed by atoms with Crippen LogP contribution < -0.4 is 20.1 Å². The van der Waals surface area contributed by atoms with Gasteiger partial charge in [-0.1, -0.05) is 11.6 Å². The second kappa shape index (κ2) is 8.63. The molecular formula is C21H27ClN4O3. The number of ether oxygens (including phenoxy) is 2. The van der Waals surface area contributed by atoms with Gasteiger partial charge in [0.05, 0.1) is 22.5 Å². The van der Waals surface area contributed by atoms with Gasteiger partial charge >= 0.3 is 0 Å². The van der Waals surface area contributed by atoms with Crippen molar-refractivity contribution in [3.63, 3.8) is 0 Å². The minimum Gasteiger partial charge on any atom is -0.486 e. The van der Waals surface area contributed by atoms with E-state index in [1.54, 1.807) is 6.20 Å². The van der Waals surface area contributed by atoms with Gasteiger partial charge in [-0.05, 0) is 56.8 Å². The van der Waals surface area contributed by atoms with Gasteiger partial charge in [0, 0.05) is 19.1 Å². The summed E-state index contributed by atoms with van der Waals surface area (Å²) >= 11 is 6.32. The molecule has 156 valence electrons. The summed E-state index contributed by atoms with van der Waals surface area (Å²) in [5.41, 5.74) is 2.79. The monoisotopic (exact) mass is 418 g/mol. The normalized spacial score (nSPS) is 17.9. The molecular weight excluding hydrogens is 392 g/mol. The number of hydrogen-bond acceptors (Lipinski definition) is 5. The molecule has 0 aliphatic carbocycles. The van der Waals surface area contributed by atoms with Gasteiger partial charge in [-0.2, -0.15) is 5.10 Å². The molecule has 2 aliphatic heterocycles. The van der Waals surface area contributed by atoms with Crippen LogP contribution >= 0.6 is 11.6 Å². The first-order valence-corrected chi connectivity index (χ1v) is 10.5. The topological polar surface area (TPSA) is 77.4 Å². The zero-order valence-electron chi connectivity index (χ0n) is 16.8. The molecule has 0 bridgehead atoms. The van der Waals surface area contributed by atoms with Crippen molar-refractivity contribution in [1.82, 2.24) is 20.4 Å². The highest BCUT2D eigenvalue weighted by molar-refractivity contribution is 6.32. The molecule has 2 aliphatic rings. The minimum atomic E-state index is -0.0409. The smallest absolute Gasteiger partial charge is 0.254 e. The Labute approximate surface area is 175 Å². The molecule has 2 N–H and O–H groups in total. The Bertz CT molecular complexity index is 896. The lowest BCUT2D eigenvalue weighted by atomic mass is 9.94. The van der Waals surface area contributed by atoms with Crippen molar-refractivity contribution >= 4 is 17.5 Å². The van der Waals surface area contributed by atoms with Crippen LogP contribution in [0.2, 0.25) is 5.02 Å². The zero-order valence-corrected chi connectivity index (χ0v) is 17.6. The fraction of sp³-hybridized carbons (Fsp3) is 0.524. The van der Waals surface area contributed by atoms with E-state index in [-0.39, 0.29) is 11.9 Å². The first-order chi connectivity index (χ1) is 14.0. The Morgan fingerprint density at radius 3 is 3.00 bits per heavy atom. The summed E-state index contributed by atoms with van der Waals surface area (Å²) in [6.07, 6.45) is 3.57. The number of carbonyl (C=O) groups excluding carboxylic acids is 1. The second-order valence-corrected chi connectivity index (χ2v) is 8.35. The summed E-state index contributed by atoms with van der Waals surface area (Å²) in [6.45, 7) is 7.40. The van der Waals surface area contributed by atoms with E-state index in [0.29, 0.717) is 47.8 Å². The van der Waals surface area contributed by atoms with Gasteiger partial charge < -0.3 is 20.1 Å². The molecule has 0 saturated carbocycles. The quantitative estimate of drug-likeness (QED) is 0.754. The highest BCUT2D eigenvalue weighted by atomic mass is 35.5. The maximum Gasteiger partial charge on any atom is 0.254 e. The fourth-order valence-electron chi connectivity index (χ4n) is 3.89. The molecule has 1 aromatic carbocycles. The zero-order chi connectivity index (χ0) is 20.4. The van der Waals surface area contributed by atoms with Gasteiger partial charge in [0.15, 0.2) is 11.5 Å². The number of nitrogens with one attached hydrogen (secondary N) is 2. The highest BCUT2D eigenvalue weighted by Gasteiger charge is 2.25. The molecule has 0 unspecified atom stereocenters. The van der Waals surface area contributed by atoms with Crippen LogP contribution in [0.1, 0.15) is 41.9 Å². The third kappa shape index (κ3) is 4.51. The van der Waals surface area contributed by atoms with Crippen LogP contribution in [0.4, 0.5) is 0 Å². The molecule has 4 rings (SSSR count). The van der Waals surface area contributed by atoms with Crippen molar-refractivity contribution in [3.05, 3.63) is 40.2 Å². The number of fused-ring (bicyclic) bond motifs is 2. The molecule has 0 fully saturated rings. The van der Waals surface area contributed by atoms with E-state index < -0.39 is 0 Å². The average molecular weight is 419 g/mol. The van der Waals surface area contributed by atoms with Crippen molar-refractivity contribution in [2.24, 2.45) is 5.92 Å². The predicted octanol–water partition coefficient (Wildman–Crippen LogP) is 2.80. The molecule has 2 aromatic rings. The molecule has 29 heavy (non-hydrogen) atoms. The molecule has 0 saturated heterocycles. The summed E-state index contributed by atoms with van der Waals surface area (Å²) in [5, 5.41) is 11.5. The van der Waals surface area contributed by atoms with Gasteiger partial charge in [-0.25, -0.2) is 0 Å². The number of nitrogens with zero attached hydrogens (tertiary/aromatic N) is 2. The number of halogens is 1. The molecule has 0 spiro atoms. The van der Waals surface area contributed by atoms with Crippen LogP contribution in [0, 0.1) is 5.92 Å². The highest BCUT2D eigenvalue weighted by Crippen LogP contribution is 2.38. The van der Waals surface area contributed by atoms with Crippen LogP contribution in [-0.2, 0) is 19.5 Å². The second-order valence-electron chi connectivity index (χ2n) is 7.95. The summed E-state index contributed by atoms with van der Waals surface area (Å²) < 4.78 is 13.2. The third-order valence-electron chi connectivity index (χ3n) is 5.26. The van der Waals surface area contributed by atoms with E-state index >= 15 is 0 Å². The van der Waals surface area contributed by atoms with Gasteiger partial charge in [0.1, 0.15) is 13.2 Å². The number of carbonyl (C=O) groups is 1. The Kier molecular flexibility index (Phi) is 5.96. The Morgan fingerprint density at radius 2 is 2.17 bits per heavy atom. The molecule has 1 atom stereocenters. The standard InChI is InChI=1S/C21H27ClN4O3/c1-13(2)25-21(27)16-12-24-26-4-3-14(8-18(16)26)10-23-11-15-7-17(22)20-19(9-15)28-5-6-29-20/h7,9,12-14,23H,3-6,8,10-11H2,1-2H3,(H,25,27)/t14-/m1/s1. The van der Waals surface area contributed by atoms with Gasteiger partial charge in [-0.3, -0.25) is 9.48 Å². The van der Waals surface area contributed by atoms with E-state index in [2.05, 4.69) is 15.7 Å². The lowest BCUT2D eigenvalue weighted by Gasteiger charge is -2.25. The van der Waals surface area contributed by atoms with Gasteiger partial charge in [0.25, 0.3) is 5.91 Å². The van der Waals surface area contributed by atoms with Crippen molar-refractivity contribution in [3.8, 4) is 11.5 Å². The van der Waals surface area contributed by atoms with Crippen LogP contribution in [0.5, 0.6) is 11.5 Å². The van der Waals surface area contributed by atoms with E-state index in [1.165, 1.54) is 0 Å². The number of hydrogen-bond donors (Lipinski definition) is 2. The molecule has 3 heterocycles. The Hall–Kier alpha value is -2.25. The van der Waals surface area contributed by atoms with E-state index in [9.17, 15) is 4.79 Å². The number of rotatable bonds is 6. The van der Waals surface area contributed by atoms with Crippen molar-refractivity contribution in [1.29, 1.82) is 0 Å². The van der Waals surface area contributed by atoms with E-state index in [0.717, 1.165) is 37.2 Å². The fourth-order valence-corrected chi connectivity index (χ4v) is 4.18. The van der Waals surface area contributed by atoms with Crippen LogP contribution in [0.3, 0.4) is 0 Å². The van der Waals surface area contributed by atoms with E-state index in [1.807, 2.05) is 30.7 Å². The first-order valence-electron chi connectivity index (χ1n) is 10.2. The van der Waals surface area contributed by atoms with Crippen molar-refractivity contribution in [2.75, 3.05) is 19.8 Å². The van der Waals surface area contributed by atoms with Crippen LogP contribution in [-0.4, -0.2) is 41.5 Å². The number of amides is 1. The van der Waals surface area contributed by atoms with Crippen molar-refractivity contribution in [2.45, 2.75) is 45.8 Å². The lowest BCUT2D eigenvalue weighted by Crippen LogP contribution is -2.33. The number of aryl methyl sites for hydroxylation is 1. The maximum atomic E-state index is 12.4. The van der Waals surface area contributed by atoms with Crippen LogP contribution in [0.15, 0.2) is 18.3 Å². The summed E-state index contributed by atoms with van der Waals surface area (Å²) in [4.78, 5) is 12.4. The average Bonchev–Trinajstić information content (AvgIpc) is 3.11. The first kappa shape index (κ1) is 20.0. The lowest BCUT2D eigenvalue weighted by molar-refractivity contribution is 0.0941. The molecule has 0 radical (unpaired) electrons. The maximum absolute atomic E-state index is 12.4. The van der Waals surface area contributed by atoms with Crippen LogP contribution in [0.25, 0.3) is 0 Å². The largest absolute Gasteiger partial charge is 0.486 e.